The second kappa shape index (κ2) is 7.99. The fraction of sp³-hybridized carbons (Fsp3) is 0.476. The number of nitrogens with zero attached hydrogens (tertiary/aromatic N) is 4. The molecule has 0 radical (unpaired) electrons. The third-order valence-corrected chi connectivity index (χ3v) is 6.53. The van der Waals surface area contributed by atoms with Crippen molar-refractivity contribution in [1.29, 1.82) is 0 Å². The molecule has 3 aromatic rings. The van der Waals surface area contributed by atoms with Gasteiger partial charge in [-0.3, -0.25) is 9.20 Å². The maximum absolute atomic E-state index is 12.8. The van der Waals surface area contributed by atoms with Crippen LogP contribution in [0.25, 0.3) is 16.6 Å². The van der Waals surface area contributed by atoms with Crippen molar-refractivity contribution >= 4 is 34.2 Å². The molecule has 0 spiro atoms. The fourth-order valence-electron chi connectivity index (χ4n) is 4.09. The Morgan fingerprint density at radius 2 is 2.14 bits per heavy atom. The van der Waals surface area contributed by atoms with Gasteiger partial charge in [0, 0.05) is 24.0 Å². The van der Waals surface area contributed by atoms with Crippen LogP contribution in [-0.2, 0) is 4.79 Å². The van der Waals surface area contributed by atoms with E-state index in [1.54, 1.807) is 7.11 Å². The molecule has 1 aliphatic rings. The lowest BCUT2D eigenvalue weighted by Crippen LogP contribution is -2.44. The number of methoxy groups -OCH3 is 1. The SMILES string of the molecule is CCC1CCCCN1C(=O)CSc1nnc2cc(C)c3ccc(OC)cc3n12. The van der Waals surface area contributed by atoms with Gasteiger partial charge < -0.3 is 9.64 Å². The average Bonchev–Trinajstić information content (AvgIpc) is 3.14. The molecular formula is C21H26N4O2S. The molecule has 0 N–H and O–H groups in total. The van der Waals surface area contributed by atoms with Gasteiger partial charge >= 0.3 is 0 Å². The Kier molecular flexibility index (Phi) is 5.44. The highest BCUT2D eigenvalue weighted by Gasteiger charge is 2.25. The van der Waals surface area contributed by atoms with Gasteiger partial charge in [-0.2, -0.15) is 0 Å². The number of ether oxygens (including phenoxy) is 1. The van der Waals surface area contributed by atoms with Gasteiger partial charge in [0.1, 0.15) is 5.75 Å². The summed E-state index contributed by atoms with van der Waals surface area (Å²) in [6.45, 7) is 5.11. The van der Waals surface area contributed by atoms with E-state index in [-0.39, 0.29) is 5.91 Å². The van der Waals surface area contributed by atoms with Crippen LogP contribution in [-0.4, -0.2) is 50.9 Å². The Morgan fingerprint density at radius 1 is 1.29 bits per heavy atom. The molecule has 1 unspecified atom stereocenters. The minimum atomic E-state index is 0.197. The van der Waals surface area contributed by atoms with Crippen LogP contribution in [0.15, 0.2) is 29.4 Å². The van der Waals surface area contributed by atoms with Crippen molar-refractivity contribution in [2.45, 2.75) is 50.7 Å². The van der Waals surface area contributed by atoms with Crippen LogP contribution in [0.2, 0.25) is 0 Å². The third kappa shape index (κ3) is 3.43. The summed E-state index contributed by atoms with van der Waals surface area (Å²) in [6.07, 6.45) is 4.46. The van der Waals surface area contributed by atoms with Crippen molar-refractivity contribution < 1.29 is 9.53 Å². The van der Waals surface area contributed by atoms with Gasteiger partial charge in [0.2, 0.25) is 5.91 Å². The second-order valence-corrected chi connectivity index (χ2v) is 8.26. The molecule has 148 valence electrons. The summed E-state index contributed by atoms with van der Waals surface area (Å²) >= 11 is 1.46. The number of carbonyl (C=O) groups is 1. The standard InChI is InChI=1S/C21H26N4O2S/c1-4-15-7-5-6-10-24(15)20(26)13-28-21-23-22-19-11-14(2)17-9-8-16(27-3)12-18(17)25(19)21/h8-9,11-12,15H,4-7,10,13H2,1-3H3. The highest BCUT2D eigenvalue weighted by Crippen LogP contribution is 2.29. The Morgan fingerprint density at radius 3 is 2.93 bits per heavy atom. The maximum Gasteiger partial charge on any atom is 0.233 e. The fourth-order valence-corrected chi connectivity index (χ4v) is 4.92. The van der Waals surface area contributed by atoms with Crippen molar-refractivity contribution in [1.82, 2.24) is 19.5 Å². The molecule has 0 saturated carbocycles. The van der Waals surface area contributed by atoms with Crippen LogP contribution >= 0.6 is 11.8 Å². The normalized spacial score (nSPS) is 17.4. The Balaban J connectivity index is 1.64. The summed E-state index contributed by atoms with van der Waals surface area (Å²) in [4.78, 5) is 14.9. The van der Waals surface area contributed by atoms with Crippen molar-refractivity contribution in [3.05, 3.63) is 29.8 Å². The van der Waals surface area contributed by atoms with E-state index >= 15 is 0 Å². The number of benzene rings is 1. The van der Waals surface area contributed by atoms with Crippen molar-refractivity contribution in [2.75, 3.05) is 19.4 Å². The Hall–Kier alpha value is -2.28. The predicted octanol–water partition coefficient (Wildman–Crippen LogP) is 4.08. The van der Waals surface area contributed by atoms with E-state index in [1.165, 1.54) is 18.2 Å². The summed E-state index contributed by atoms with van der Waals surface area (Å²) < 4.78 is 7.43. The molecule has 3 heterocycles. The predicted molar refractivity (Wildman–Crippen MR) is 112 cm³/mol. The first-order valence-electron chi connectivity index (χ1n) is 9.87. The number of hydrogen-bond donors (Lipinski definition) is 0. The summed E-state index contributed by atoms with van der Waals surface area (Å²) in [5, 5.41) is 10.6. The molecular weight excluding hydrogens is 372 g/mol. The number of thioether (sulfide) groups is 1. The number of rotatable bonds is 5. The number of likely N-dealkylation sites (tertiary alicyclic amines) is 1. The molecule has 0 bridgehead atoms. The monoisotopic (exact) mass is 398 g/mol. The molecule has 1 saturated heterocycles. The molecule has 1 aromatic carbocycles. The first-order chi connectivity index (χ1) is 13.6. The topological polar surface area (TPSA) is 59.7 Å². The number of piperidine rings is 1. The summed E-state index contributed by atoms with van der Waals surface area (Å²) in [5.41, 5.74) is 2.93. The minimum absolute atomic E-state index is 0.197. The zero-order chi connectivity index (χ0) is 19.7. The van der Waals surface area contributed by atoms with E-state index in [9.17, 15) is 4.79 Å². The molecule has 28 heavy (non-hydrogen) atoms. The molecule has 4 rings (SSSR count). The number of carbonyl (C=O) groups excluding carboxylic acids is 1. The van der Waals surface area contributed by atoms with Crippen molar-refractivity contribution in [3.63, 3.8) is 0 Å². The van der Waals surface area contributed by atoms with E-state index in [2.05, 4.69) is 35.0 Å². The van der Waals surface area contributed by atoms with Crippen LogP contribution in [0.5, 0.6) is 5.75 Å². The van der Waals surface area contributed by atoms with E-state index < -0.39 is 0 Å². The molecule has 2 aromatic heterocycles. The van der Waals surface area contributed by atoms with Crippen LogP contribution in [0, 0.1) is 6.92 Å². The Labute approximate surface area is 169 Å². The number of aryl methyl sites for hydroxylation is 1. The molecule has 7 heteroatoms. The molecule has 6 nitrogen and oxygen atoms in total. The maximum atomic E-state index is 12.8. The number of aromatic nitrogens is 3. The van der Waals surface area contributed by atoms with Gasteiger partial charge in [0.05, 0.1) is 18.4 Å². The van der Waals surface area contributed by atoms with E-state index in [0.717, 1.165) is 58.8 Å². The smallest absolute Gasteiger partial charge is 0.233 e. The molecule has 1 fully saturated rings. The van der Waals surface area contributed by atoms with Gasteiger partial charge in [-0.15, -0.1) is 10.2 Å². The molecule has 1 aliphatic heterocycles. The first-order valence-corrected chi connectivity index (χ1v) is 10.9. The summed E-state index contributed by atoms with van der Waals surface area (Å²) in [7, 11) is 1.66. The molecule has 1 atom stereocenters. The lowest BCUT2D eigenvalue weighted by molar-refractivity contribution is -0.132. The molecule has 1 amide bonds. The number of hydrogen-bond acceptors (Lipinski definition) is 5. The van der Waals surface area contributed by atoms with Crippen LogP contribution in [0.1, 0.15) is 38.2 Å². The lowest BCUT2D eigenvalue weighted by atomic mass is 10.0. The minimum Gasteiger partial charge on any atom is -0.497 e. The summed E-state index contributed by atoms with van der Waals surface area (Å²) in [5.74, 6) is 1.37. The van der Waals surface area contributed by atoms with Crippen molar-refractivity contribution in [2.24, 2.45) is 0 Å². The van der Waals surface area contributed by atoms with Gasteiger partial charge in [-0.25, -0.2) is 0 Å². The number of pyridine rings is 1. The largest absolute Gasteiger partial charge is 0.497 e. The zero-order valence-electron chi connectivity index (χ0n) is 16.6. The highest BCUT2D eigenvalue weighted by molar-refractivity contribution is 7.99. The average molecular weight is 399 g/mol. The van der Waals surface area contributed by atoms with Gasteiger partial charge in [-0.1, -0.05) is 18.7 Å². The highest BCUT2D eigenvalue weighted by atomic mass is 32.2. The summed E-state index contributed by atoms with van der Waals surface area (Å²) in [6, 6.07) is 8.43. The van der Waals surface area contributed by atoms with Crippen LogP contribution < -0.4 is 4.74 Å². The van der Waals surface area contributed by atoms with Gasteiger partial charge in [-0.05, 0) is 56.4 Å². The van der Waals surface area contributed by atoms with Gasteiger partial charge in [0.15, 0.2) is 10.8 Å². The molecule has 0 aliphatic carbocycles. The number of fused-ring (bicyclic) bond motifs is 3. The number of amides is 1. The third-order valence-electron chi connectivity index (χ3n) is 5.62. The van der Waals surface area contributed by atoms with E-state index in [1.807, 2.05) is 22.6 Å². The van der Waals surface area contributed by atoms with Crippen LogP contribution in [0.3, 0.4) is 0 Å². The second-order valence-electron chi connectivity index (χ2n) is 7.32. The lowest BCUT2D eigenvalue weighted by Gasteiger charge is -2.35. The quantitative estimate of drug-likeness (QED) is 0.606. The van der Waals surface area contributed by atoms with E-state index in [0.29, 0.717) is 11.8 Å². The Bertz CT molecular complexity index is 1020. The zero-order valence-corrected chi connectivity index (χ0v) is 17.5. The van der Waals surface area contributed by atoms with E-state index in [4.69, 9.17) is 4.74 Å². The first kappa shape index (κ1) is 19.1. The van der Waals surface area contributed by atoms with Crippen molar-refractivity contribution in [3.8, 4) is 5.75 Å². The van der Waals surface area contributed by atoms with Crippen LogP contribution in [0.4, 0.5) is 0 Å². The van der Waals surface area contributed by atoms with Gasteiger partial charge in [0.25, 0.3) is 0 Å².